The van der Waals surface area contributed by atoms with Crippen LogP contribution in [0.3, 0.4) is 0 Å². The first-order chi connectivity index (χ1) is 20.3. The average Bonchev–Trinajstić information content (AvgIpc) is 3.41. The minimum absolute atomic E-state index is 0.0259. The van der Waals surface area contributed by atoms with Crippen LogP contribution in [0.5, 0.6) is 0 Å². The van der Waals surface area contributed by atoms with Gasteiger partial charge in [0.2, 0.25) is 0 Å². The van der Waals surface area contributed by atoms with Crippen LogP contribution in [0, 0.1) is 0 Å². The molecule has 2 saturated heterocycles. The number of hydrogen-bond donors (Lipinski definition) is 0. The van der Waals surface area contributed by atoms with E-state index in [4.69, 9.17) is 33.9 Å². The molecule has 42 heavy (non-hydrogen) atoms. The Labute approximate surface area is 270 Å². The van der Waals surface area contributed by atoms with Crippen molar-refractivity contribution in [3.63, 3.8) is 0 Å². The van der Waals surface area contributed by atoms with Crippen molar-refractivity contribution in [2.45, 2.75) is 117 Å². The molecule has 8 nitrogen and oxygen atoms in total. The highest BCUT2D eigenvalue weighted by Gasteiger charge is 2.42. The minimum atomic E-state index is -0.417. The van der Waals surface area contributed by atoms with Crippen molar-refractivity contribution < 1.29 is 28.7 Å². The summed E-state index contributed by atoms with van der Waals surface area (Å²) in [7, 11) is 0. The summed E-state index contributed by atoms with van der Waals surface area (Å²) in [6.45, 7) is 5.31. The number of thiocarbonyl (C=S) groups is 2. The quantitative estimate of drug-likeness (QED) is 0.0511. The molecular weight excluding hydrogens is 613 g/mol. The lowest BCUT2D eigenvalue weighted by molar-refractivity contribution is -0.145. The van der Waals surface area contributed by atoms with Gasteiger partial charge in [-0.05, 0) is 12.8 Å². The van der Waals surface area contributed by atoms with Gasteiger partial charge in [-0.1, -0.05) is 139 Å². The monoisotopic (exact) mass is 658 g/mol. The van der Waals surface area contributed by atoms with Crippen molar-refractivity contribution >= 4 is 80.4 Å². The Hall–Kier alpha value is -1.50. The lowest BCUT2D eigenvalue weighted by Crippen LogP contribution is -2.32. The fourth-order valence-corrected chi connectivity index (χ4v) is 7.27. The van der Waals surface area contributed by atoms with E-state index in [0.717, 1.165) is 62.0 Å². The zero-order valence-corrected chi connectivity index (χ0v) is 28.4. The van der Waals surface area contributed by atoms with Crippen LogP contribution in [0.25, 0.3) is 0 Å². The predicted octanol–water partition coefficient (Wildman–Crippen LogP) is 7.29. The molecular formula is C30H46N2O6S4. The normalized spacial score (nSPS) is 17.1. The lowest BCUT2D eigenvalue weighted by atomic mass is 10.1. The van der Waals surface area contributed by atoms with Gasteiger partial charge in [0.05, 0.1) is 35.9 Å². The summed E-state index contributed by atoms with van der Waals surface area (Å²) in [6, 6.07) is 0. The fraction of sp³-hybridized carbons (Fsp3) is 0.733. The van der Waals surface area contributed by atoms with Gasteiger partial charge in [-0.25, -0.2) is 0 Å². The van der Waals surface area contributed by atoms with E-state index in [9.17, 15) is 19.2 Å². The Bertz CT molecular complexity index is 911. The molecule has 0 saturated carbocycles. The highest BCUT2D eigenvalue weighted by Crippen LogP contribution is 2.42. The van der Waals surface area contributed by atoms with Gasteiger partial charge < -0.3 is 9.47 Å². The first-order valence-electron chi connectivity index (χ1n) is 15.4. The summed E-state index contributed by atoms with van der Waals surface area (Å²) in [5.74, 6) is -1.58. The predicted molar refractivity (Wildman–Crippen MR) is 178 cm³/mol. The number of thioether (sulfide) groups is 2. The zero-order chi connectivity index (χ0) is 30.7. The second-order valence-electron chi connectivity index (χ2n) is 10.5. The van der Waals surface area contributed by atoms with Gasteiger partial charge in [0.1, 0.15) is 8.64 Å². The fourth-order valence-electron chi connectivity index (χ4n) is 4.50. The van der Waals surface area contributed by atoms with E-state index in [1.165, 1.54) is 61.2 Å². The molecule has 2 aliphatic heterocycles. The Kier molecular flexibility index (Phi) is 18.6. The van der Waals surface area contributed by atoms with Gasteiger partial charge in [-0.2, -0.15) is 0 Å². The van der Waals surface area contributed by atoms with E-state index >= 15 is 0 Å². The summed E-state index contributed by atoms with van der Waals surface area (Å²) in [5, 5.41) is 0. The molecule has 0 aromatic carbocycles. The number of amides is 2. The number of esters is 2. The Morgan fingerprint density at radius 3 is 1.29 bits per heavy atom. The van der Waals surface area contributed by atoms with Gasteiger partial charge in [-0.3, -0.25) is 29.0 Å². The molecule has 0 spiro atoms. The second-order valence-corrected chi connectivity index (χ2v) is 13.8. The molecule has 12 heteroatoms. The van der Waals surface area contributed by atoms with E-state index < -0.39 is 11.8 Å². The molecule has 0 atom stereocenters. The number of rotatable bonds is 22. The van der Waals surface area contributed by atoms with Crippen LogP contribution in [-0.4, -0.2) is 68.5 Å². The Morgan fingerprint density at radius 1 is 0.595 bits per heavy atom. The van der Waals surface area contributed by atoms with E-state index in [1.807, 2.05) is 0 Å². The highest BCUT2D eigenvalue weighted by atomic mass is 32.2. The molecule has 2 heterocycles. The summed E-state index contributed by atoms with van der Waals surface area (Å²) >= 11 is 12.8. The van der Waals surface area contributed by atoms with E-state index in [2.05, 4.69) is 13.8 Å². The second kappa shape index (κ2) is 21.2. The van der Waals surface area contributed by atoms with Crippen LogP contribution < -0.4 is 0 Å². The van der Waals surface area contributed by atoms with Gasteiger partial charge in [-0.15, -0.1) is 0 Å². The lowest BCUT2D eigenvalue weighted by Gasteiger charge is -2.14. The molecule has 0 aromatic heterocycles. The number of carbonyl (C=O) groups excluding carboxylic acids is 4. The number of unbranched alkanes of at least 4 members (excludes halogenated alkanes) is 12. The molecule has 0 bridgehead atoms. The topological polar surface area (TPSA) is 93.2 Å². The average molecular weight is 659 g/mol. The first-order valence-corrected chi connectivity index (χ1v) is 17.9. The smallest absolute Gasteiger partial charge is 0.307 e. The summed E-state index contributed by atoms with van der Waals surface area (Å²) in [4.78, 5) is 53.7. The van der Waals surface area contributed by atoms with Crippen molar-refractivity contribution in [3.8, 4) is 0 Å². The third-order valence-corrected chi connectivity index (χ3v) is 10.0. The van der Waals surface area contributed by atoms with E-state index in [-0.39, 0.29) is 56.3 Å². The number of carbonyl (C=O) groups is 4. The molecule has 236 valence electrons. The number of hydrogen-bond acceptors (Lipinski definition) is 10. The van der Waals surface area contributed by atoms with E-state index in [0.29, 0.717) is 13.2 Å². The third kappa shape index (κ3) is 13.0. The number of ether oxygens (including phenoxy) is 2. The van der Waals surface area contributed by atoms with Crippen molar-refractivity contribution in [1.29, 1.82) is 0 Å². The summed E-state index contributed by atoms with van der Waals surface area (Å²) in [6.07, 6.45) is 15.9. The van der Waals surface area contributed by atoms with Gasteiger partial charge >= 0.3 is 11.9 Å². The Morgan fingerprint density at radius 2 is 0.929 bits per heavy atom. The maximum Gasteiger partial charge on any atom is 0.307 e. The van der Waals surface area contributed by atoms with Crippen LogP contribution in [0.4, 0.5) is 0 Å². The van der Waals surface area contributed by atoms with E-state index in [1.54, 1.807) is 0 Å². The maximum atomic E-state index is 13.1. The van der Waals surface area contributed by atoms with Gasteiger partial charge in [0.25, 0.3) is 11.8 Å². The first kappa shape index (κ1) is 36.7. The van der Waals surface area contributed by atoms with Gasteiger partial charge in [0, 0.05) is 13.1 Å². The molecule has 2 rings (SSSR count). The van der Waals surface area contributed by atoms with Crippen LogP contribution in [0.2, 0.25) is 0 Å². The zero-order valence-electron chi connectivity index (χ0n) is 25.1. The van der Waals surface area contributed by atoms with Crippen molar-refractivity contribution in [2.24, 2.45) is 0 Å². The van der Waals surface area contributed by atoms with Crippen LogP contribution in [0.1, 0.15) is 117 Å². The molecule has 0 radical (unpaired) electrons. The molecule has 2 amide bonds. The van der Waals surface area contributed by atoms with Crippen LogP contribution in [0.15, 0.2) is 9.81 Å². The van der Waals surface area contributed by atoms with Crippen molar-refractivity contribution in [2.75, 3.05) is 26.3 Å². The van der Waals surface area contributed by atoms with Crippen molar-refractivity contribution in [3.05, 3.63) is 9.81 Å². The van der Waals surface area contributed by atoms with Crippen LogP contribution in [-0.2, 0) is 28.7 Å². The maximum absolute atomic E-state index is 13.1. The number of nitrogens with zero attached hydrogens (tertiary/aromatic N) is 2. The SMILES string of the molecule is CCCCCCCCCOC(=O)CCN1C(=O)/C(=C2\SC(=S)N(CCC(=O)OCCCCCCCCC)C2=O)SC1=S. The summed E-state index contributed by atoms with van der Waals surface area (Å²) in [5.41, 5.74) is 0. The van der Waals surface area contributed by atoms with Crippen molar-refractivity contribution in [1.82, 2.24) is 9.80 Å². The molecule has 0 N–H and O–H groups in total. The molecule has 0 aliphatic carbocycles. The molecule has 2 aliphatic rings. The largest absolute Gasteiger partial charge is 0.466 e. The molecule has 0 aromatic rings. The molecule has 2 fully saturated rings. The minimum Gasteiger partial charge on any atom is -0.466 e. The standard InChI is InChI=1S/C30H46N2O6S4/c1-3-5-7-9-11-13-15-21-37-23(33)17-19-31-27(35)25(41-29(31)39)26-28(36)32(30(40)42-26)20-18-24(34)38-22-16-14-12-10-8-6-4-2/h3-22H2,1-2H3/b26-25+. The Balaban J connectivity index is 1.72. The highest BCUT2D eigenvalue weighted by molar-refractivity contribution is 8.29. The third-order valence-electron chi connectivity index (χ3n) is 7.01. The van der Waals surface area contributed by atoms with Gasteiger partial charge in [0.15, 0.2) is 0 Å². The van der Waals surface area contributed by atoms with Crippen LogP contribution >= 0.6 is 48.0 Å². The summed E-state index contributed by atoms with van der Waals surface area (Å²) < 4.78 is 11.2. The molecule has 0 unspecified atom stereocenters.